The first-order chi connectivity index (χ1) is 7.63. The second-order valence-electron chi connectivity index (χ2n) is 3.43. The van der Waals surface area contributed by atoms with Crippen LogP contribution < -0.4 is 4.74 Å². The maximum atomic E-state index is 13.0. The van der Waals surface area contributed by atoms with Crippen LogP contribution in [0.2, 0.25) is 0 Å². The second kappa shape index (κ2) is 6.10. The zero-order chi connectivity index (χ0) is 12.0. The predicted molar refractivity (Wildman–Crippen MR) is 58.1 cm³/mol. The second-order valence-corrected chi connectivity index (χ2v) is 3.43. The lowest BCUT2D eigenvalue weighted by Crippen LogP contribution is -2.00. The van der Waals surface area contributed by atoms with Crippen LogP contribution in [0.25, 0.3) is 0 Å². The van der Waals surface area contributed by atoms with Gasteiger partial charge in [-0.25, -0.2) is 4.39 Å². The van der Waals surface area contributed by atoms with Crippen LogP contribution >= 0.6 is 0 Å². The van der Waals surface area contributed by atoms with Crippen LogP contribution in [0, 0.1) is 5.82 Å². The molecule has 1 aromatic rings. The van der Waals surface area contributed by atoms with E-state index in [4.69, 9.17) is 9.84 Å². The largest absolute Gasteiger partial charge is 0.494 e. The van der Waals surface area contributed by atoms with Gasteiger partial charge in [-0.2, -0.15) is 0 Å². The van der Waals surface area contributed by atoms with Crippen molar-refractivity contribution in [3.05, 3.63) is 29.6 Å². The van der Waals surface area contributed by atoms with Gasteiger partial charge in [-0.15, -0.1) is 0 Å². The molecule has 0 bridgehead atoms. The molecule has 0 saturated carbocycles. The van der Waals surface area contributed by atoms with Gasteiger partial charge in [0.1, 0.15) is 11.6 Å². The van der Waals surface area contributed by atoms with E-state index < -0.39 is 5.97 Å². The van der Waals surface area contributed by atoms with Crippen LogP contribution in [0.1, 0.15) is 25.3 Å². The molecule has 88 valence electrons. The predicted octanol–water partition coefficient (Wildman–Crippen LogP) is 2.63. The zero-order valence-electron chi connectivity index (χ0n) is 9.20. The summed E-state index contributed by atoms with van der Waals surface area (Å²) in [5.41, 5.74) is 0.725. The molecule has 0 spiro atoms. The SMILES string of the molecule is CCOc1ccc(F)cc1CCCC(=O)O. The number of carboxylic acids is 1. The molecule has 0 radical (unpaired) electrons. The molecule has 0 heterocycles. The van der Waals surface area contributed by atoms with Gasteiger partial charge in [0.05, 0.1) is 6.61 Å². The lowest BCUT2D eigenvalue weighted by molar-refractivity contribution is -0.137. The molecule has 3 nitrogen and oxygen atoms in total. The molecule has 0 atom stereocenters. The first-order valence-corrected chi connectivity index (χ1v) is 5.26. The van der Waals surface area contributed by atoms with E-state index in [0.29, 0.717) is 25.2 Å². The maximum Gasteiger partial charge on any atom is 0.303 e. The molecule has 0 amide bonds. The Bertz CT molecular complexity index is 363. The fourth-order valence-corrected chi connectivity index (χ4v) is 1.47. The Hall–Kier alpha value is -1.58. The molecule has 0 aliphatic rings. The van der Waals surface area contributed by atoms with Gasteiger partial charge >= 0.3 is 5.97 Å². The summed E-state index contributed by atoms with van der Waals surface area (Å²) in [7, 11) is 0. The number of carboxylic acid groups (broad SMARTS) is 1. The summed E-state index contributed by atoms with van der Waals surface area (Å²) < 4.78 is 18.3. The Kier molecular flexibility index (Phi) is 4.76. The molecular formula is C12H15FO3. The number of halogens is 1. The quantitative estimate of drug-likeness (QED) is 0.811. The Labute approximate surface area is 93.9 Å². The zero-order valence-corrected chi connectivity index (χ0v) is 9.20. The summed E-state index contributed by atoms with van der Waals surface area (Å²) in [4.78, 5) is 10.4. The van der Waals surface area contributed by atoms with Crippen molar-refractivity contribution in [1.82, 2.24) is 0 Å². The molecule has 1 aromatic carbocycles. The fourth-order valence-electron chi connectivity index (χ4n) is 1.47. The summed E-state index contributed by atoms with van der Waals surface area (Å²) in [6, 6.07) is 4.31. The normalized spacial score (nSPS) is 10.1. The van der Waals surface area contributed by atoms with E-state index in [-0.39, 0.29) is 12.2 Å². The van der Waals surface area contributed by atoms with E-state index in [0.717, 1.165) is 5.56 Å². The Balaban J connectivity index is 2.67. The summed E-state index contributed by atoms with van der Waals surface area (Å²) in [6.07, 6.45) is 1.08. The number of rotatable bonds is 6. The molecule has 1 rings (SSSR count). The highest BCUT2D eigenvalue weighted by atomic mass is 19.1. The third-order valence-electron chi connectivity index (χ3n) is 2.16. The van der Waals surface area contributed by atoms with Crippen molar-refractivity contribution in [1.29, 1.82) is 0 Å². The Morgan fingerprint density at radius 2 is 2.25 bits per heavy atom. The van der Waals surface area contributed by atoms with E-state index in [1.165, 1.54) is 12.1 Å². The van der Waals surface area contributed by atoms with Crippen molar-refractivity contribution in [2.24, 2.45) is 0 Å². The van der Waals surface area contributed by atoms with Gasteiger partial charge in [0.15, 0.2) is 0 Å². The molecular weight excluding hydrogens is 211 g/mol. The standard InChI is InChI=1S/C12H15FO3/c1-2-16-11-7-6-10(13)8-9(11)4-3-5-12(14)15/h6-8H,2-5H2,1H3,(H,14,15). The average Bonchev–Trinajstić information content (AvgIpc) is 2.21. The van der Waals surface area contributed by atoms with Gasteiger partial charge in [-0.05, 0) is 43.5 Å². The molecule has 0 aliphatic heterocycles. The minimum Gasteiger partial charge on any atom is -0.494 e. The van der Waals surface area contributed by atoms with Crippen molar-refractivity contribution < 1.29 is 19.0 Å². The number of aliphatic carboxylic acids is 1. The van der Waals surface area contributed by atoms with E-state index in [9.17, 15) is 9.18 Å². The van der Waals surface area contributed by atoms with E-state index in [1.807, 2.05) is 6.92 Å². The molecule has 4 heteroatoms. The van der Waals surface area contributed by atoms with Gasteiger partial charge in [-0.3, -0.25) is 4.79 Å². The van der Waals surface area contributed by atoms with Gasteiger partial charge in [0.2, 0.25) is 0 Å². The number of benzene rings is 1. The average molecular weight is 226 g/mol. The van der Waals surface area contributed by atoms with Crippen LogP contribution in [0.4, 0.5) is 4.39 Å². The topological polar surface area (TPSA) is 46.5 Å². The Morgan fingerprint density at radius 3 is 2.88 bits per heavy atom. The third-order valence-corrected chi connectivity index (χ3v) is 2.16. The van der Waals surface area contributed by atoms with Crippen molar-refractivity contribution >= 4 is 5.97 Å². The maximum absolute atomic E-state index is 13.0. The first kappa shape index (κ1) is 12.5. The summed E-state index contributed by atoms with van der Waals surface area (Å²) in [5.74, 6) is -0.530. The molecule has 16 heavy (non-hydrogen) atoms. The fraction of sp³-hybridized carbons (Fsp3) is 0.417. The molecule has 0 aliphatic carbocycles. The molecule has 0 saturated heterocycles. The lowest BCUT2D eigenvalue weighted by Gasteiger charge is -2.09. The minimum atomic E-state index is -0.839. The van der Waals surface area contributed by atoms with Crippen LogP contribution in [-0.2, 0) is 11.2 Å². The highest BCUT2D eigenvalue weighted by Gasteiger charge is 2.06. The van der Waals surface area contributed by atoms with Gasteiger partial charge in [0.25, 0.3) is 0 Å². The number of hydrogen-bond acceptors (Lipinski definition) is 2. The van der Waals surface area contributed by atoms with Crippen LogP contribution in [0.5, 0.6) is 5.75 Å². The monoisotopic (exact) mass is 226 g/mol. The van der Waals surface area contributed by atoms with Crippen LogP contribution in [0.3, 0.4) is 0 Å². The van der Waals surface area contributed by atoms with E-state index in [1.54, 1.807) is 6.07 Å². The number of carbonyl (C=O) groups is 1. The summed E-state index contributed by atoms with van der Waals surface area (Å²) in [5, 5.41) is 8.51. The first-order valence-electron chi connectivity index (χ1n) is 5.26. The number of ether oxygens (including phenoxy) is 1. The van der Waals surface area contributed by atoms with Gasteiger partial charge in [0, 0.05) is 6.42 Å². The van der Waals surface area contributed by atoms with Crippen LogP contribution in [-0.4, -0.2) is 17.7 Å². The smallest absolute Gasteiger partial charge is 0.303 e. The lowest BCUT2D eigenvalue weighted by atomic mass is 10.1. The van der Waals surface area contributed by atoms with Crippen LogP contribution in [0.15, 0.2) is 18.2 Å². The molecule has 1 N–H and O–H groups in total. The number of hydrogen-bond donors (Lipinski definition) is 1. The van der Waals surface area contributed by atoms with Crippen molar-refractivity contribution in [2.75, 3.05) is 6.61 Å². The summed E-state index contributed by atoms with van der Waals surface area (Å²) in [6.45, 7) is 2.36. The van der Waals surface area contributed by atoms with Gasteiger partial charge in [-0.1, -0.05) is 0 Å². The van der Waals surface area contributed by atoms with Gasteiger partial charge < -0.3 is 9.84 Å². The molecule has 0 aromatic heterocycles. The highest BCUT2D eigenvalue weighted by Crippen LogP contribution is 2.21. The molecule has 0 fully saturated rings. The number of aryl methyl sites for hydroxylation is 1. The molecule has 0 unspecified atom stereocenters. The highest BCUT2D eigenvalue weighted by molar-refractivity contribution is 5.66. The summed E-state index contributed by atoms with van der Waals surface area (Å²) >= 11 is 0. The van der Waals surface area contributed by atoms with Crippen molar-refractivity contribution in [3.63, 3.8) is 0 Å². The van der Waals surface area contributed by atoms with E-state index >= 15 is 0 Å². The third kappa shape index (κ3) is 3.88. The van der Waals surface area contributed by atoms with Crippen molar-refractivity contribution in [3.8, 4) is 5.75 Å². The van der Waals surface area contributed by atoms with E-state index in [2.05, 4.69) is 0 Å². The minimum absolute atomic E-state index is 0.0854. The Morgan fingerprint density at radius 1 is 1.50 bits per heavy atom. The van der Waals surface area contributed by atoms with Crippen molar-refractivity contribution in [2.45, 2.75) is 26.2 Å².